The van der Waals surface area contributed by atoms with Crippen molar-refractivity contribution in [3.05, 3.63) is 106 Å². The number of hydrogen-bond donors (Lipinski definition) is 1. The predicted molar refractivity (Wildman–Crippen MR) is 120 cm³/mol. The number of rotatable bonds is 8. The van der Waals surface area contributed by atoms with E-state index in [9.17, 15) is 4.79 Å². The number of para-hydroxylation sites is 1. The molecule has 0 saturated heterocycles. The van der Waals surface area contributed by atoms with Crippen LogP contribution in [0, 0.1) is 0 Å². The van der Waals surface area contributed by atoms with Crippen molar-refractivity contribution in [3.8, 4) is 0 Å². The number of benzene rings is 3. The van der Waals surface area contributed by atoms with E-state index in [0.717, 1.165) is 32.1 Å². The summed E-state index contributed by atoms with van der Waals surface area (Å²) in [5.41, 5.74) is 4.05. The van der Waals surface area contributed by atoms with Gasteiger partial charge in [0, 0.05) is 39.5 Å². The Morgan fingerprint density at radius 3 is 2.45 bits per heavy atom. The Hall–Kier alpha value is -2.69. The molecule has 0 unspecified atom stereocenters. The largest absolute Gasteiger partial charge is 0.376 e. The molecule has 1 aromatic heterocycles. The van der Waals surface area contributed by atoms with Crippen LogP contribution in [0.25, 0.3) is 10.9 Å². The summed E-state index contributed by atoms with van der Waals surface area (Å²) in [4.78, 5) is 16.3. The summed E-state index contributed by atoms with van der Waals surface area (Å²) in [5.74, 6) is 0.0992. The summed E-state index contributed by atoms with van der Waals surface area (Å²) in [7, 11) is 0. The number of hydrogen-bond acceptors (Lipinski definition) is 2. The third kappa shape index (κ3) is 4.84. The topological polar surface area (TPSA) is 42.1 Å². The molecule has 4 rings (SSSR count). The number of ether oxygens (including phenoxy) is 1. The smallest absolute Gasteiger partial charge is 0.163 e. The van der Waals surface area contributed by atoms with Crippen LogP contribution in [0.1, 0.15) is 33.8 Å². The van der Waals surface area contributed by atoms with E-state index in [4.69, 9.17) is 4.74 Å². The van der Waals surface area contributed by atoms with Gasteiger partial charge in [0.2, 0.25) is 0 Å². The molecule has 3 aromatic carbocycles. The summed E-state index contributed by atoms with van der Waals surface area (Å²) in [6.07, 6.45) is 2.41. The van der Waals surface area contributed by atoms with E-state index in [0.29, 0.717) is 19.6 Å². The van der Waals surface area contributed by atoms with Crippen LogP contribution >= 0.6 is 15.9 Å². The van der Waals surface area contributed by atoms with Gasteiger partial charge >= 0.3 is 0 Å². The van der Waals surface area contributed by atoms with Crippen LogP contribution in [0.4, 0.5) is 0 Å². The summed E-state index contributed by atoms with van der Waals surface area (Å²) in [5, 5.41) is 1.14. The first-order valence-corrected chi connectivity index (χ1v) is 10.5. The van der Waals surface area contributed by atoms with Crippen molar-refractivity contribution >= 4 is 32.6 Å². The average molecular weight is 448 g/mol. The van der Waals surface area contributed by atoms with Crippen LogP contribution in [0.15, 0.2) is 89.5 Å². The number of aromatic nitrogens is 1. The van der Waals surface area contributed by atoms with Gasteiger partial charge in [-0.2, -0.15) is 0 Å². The van der Waals surface area contributed by atoms with E-state index in [1.54, 1.807) is 0 Å². The van der Waals surface area contributed by atoms with Gasteiger partial charge in [-0.3, -0.25) is 4.79 Å². The van der Waals surface area contributed by atoms with Crippen molar-refractivity contribution in [2.24, 2.45) is 0 Å². The Kier molecular flexibility index (Phi) is 6.23. The first kappa shape index (κ1) is 19.6. The van der Waals surface area contributed by atoms with Crippen LogP contribution in [0.2, 0.25) is 0 Å². The second kappa shape index (κ2) is 9.21. The zero-order valence-corrected chi connectivity index (χ0v) is 17.6. The summed E-state index contributed by atoms with van der Waals surface area (Å²) < 4.78 is 7.00. The maximum Gasteiger partial charge on any atom is 0.163 e. The van der Waals surface area contributed by atoms with Gasteiger partial charge in [-0.1, -0.05) is 76.6 Å². The van der Waals surface area contributed by atoms with Crippen LogP contribution < -0.4 is 0 Å². The Balaban J connectivity index is 1.54. The number of aromatic amines is 1. The fourth-order valence-corrected chi connectivity index (χ4v) is 3.83. The number of Topliss-reactive ketones (excluding diaryl/α,β-unsaturated/α-hetero) is 1. The highest BCUT2D eigenvalue weighted by Crippen LogP contribution is 2.30. The number of nitrogens with one attached hydrogen (secondary N) is 1. The molecule has 0 saturated carbocycles. The molecule has 29 heavy (non-hydrogen) atoms. The standard InChI is InChI=1S/C25H22BrNO2/c26-21-12-10-19(11-13-21)25(28)14-20(17-29-16-18-6-2-1-3-7-18)23-15-27-24-9-5-4-8-22(23)24/h1-13,15,20,27H,14,16-17H2/t20-/m0/s1. The lowest BCUT2D eigenvalue weighted by Gasteiger charge is -2.17. The van der Waals surface area contributed by atoms with E-state index in [-0.39, 0.29) is 11.7 Å². The van der Waals surface area contributed by atoms with Gasteiger partial charge in [0.05, 0.1) is 13.2 Å². The minimum Gasteiger partial charge on any atom is -0.376 e. The van der Waals surface area contributed by atoms with Crippen molar-refractivity contribution in [1.82, 2.24) is 4.98 Å². The summed E-state index contributed by atoms with van der Waals surface area (Å²) in [6.45, 7) is 1.02. The molecule has 0 radical (unpaired) electrons. The quantitative estimate of drug-likeness (QED) is 0.313. The molecule has 0 aliphatic rings. The number of fused-ring (bicyclic) bond motifs is 1. The van der Waals surface area contributed by atoms with Gasteiger partial charge < -0.3 is 9.72 Å². The van der Waals surface area contributed by atoms with E-state index in [2.05, 4.69) is 33.0 Å². The minimum atomic E-state index is -0.0222. The lowest BCUT2D eigenvalue weighted by atomic mass is 9.92. The average Bonchev–Trinajstić information content (AvgIpc) is 3.18. The fraction of sp³-hybridized carbons (Fsp3) is 0.160. The third-order valence-electron chi connectivity index (χ3n) is 5.09. The predicted octanol–water partition coefficient (Wildman–Crippen LogP) is 6.50. The molecule has 1 N–H and O–H groups in total. The van der Waals surface area contributed by atoms with Gasteiger partial charge in [0.25, 0.3) is 0 Å². The molecule has 1 heterocycles. The van der Waals surface area contributed by atoms with Gasteiger partial charge in [-0.15, -0.1) is 0 Å². The van der Waals surface area contributed by atoms with Gasteiger partial charge in [0.1, 0.15) is 0 Å². The first-order valence-electron chi connectivity index (χ1n) is 9.67. The first-order chi connectivity index (χ1) is 14.2. The van der Waals surface area contributed by atoms with Gasteiger partial charge in [-0.05, 0) is 29.3 Å². The van der Waals surface area contributed by atoms with E-state index in [1.807, 2.05) is 72.9 Å². The molecule has 3 nitrogen and oxygen atoms in total. The SMILES string of the molecule is O=C(C[C@@H](COCc1ccccc1)c1c[nH]c2ccccc12)c1ccc(Br)cc1. The van der Waals surface area contributed by atoms with Crippen molar-refractivity contribution in [3.63, 3.8) is 0 Å². The molecule has 4 heteroatoms. The normalized spacial score (nSPS) is 12.2. The van der Waals surface area contributed by atoms with Crippen molar-refractivity contribution in [2.45, 2.75) is 18.9 Å². The van der Waals surface area contributed by atoms with E-state index >= 15 is 0 Å². The van der Waals surface area contributed by atoms with Crippen LogP contribution in [-0.2, 0) is 11.3 Å². The fourth-order valence-electron chi connectivity index (χ4n) is 3.56. The zero-order chi connectivity index (χ0) is 20.1. The Morgan fingerprint density at radius 2 is 1.66 bits per heavy atom. The second-order valence-electron chi connectivity index (χ2n) is 7.12. The van der Waals surface area contributed by atoms with E-state index < -0.39 is 0 Å². The van der Waals surface area contributed by atoms with Crippen LogP contribution in [-0.4, -0.2) is 17.4 Å². The summed E-state index contributed by atoms with van der Waals surface area (Å²) >= 11 is 3.43. The lowest BCUT2D eigenvalue weighted by Crippen LogP contribution is -2.13. The summed E-state index contributed by atoms with van der Waals surface area (Å²) in [6, 6.07) is 25.8. The Bertz CT molecular complexity index is 1090. The minimum absolute atomic E-state index is 0.0222. The molecular weight excluding hydrogens is 426 g/mol. The van der Waals surface area contributed by atoms with Crippen LogP contribution in [0.3, 0.4) is 0 Å². The molecule has 146 valence electrons. The highest BCUT2D eigenvalue weighted by molar-refractivity contribution is 9.10. The monoisotopic (exact) mass is 447 g/mol. The molecule has 0 spiro atoms. The Morgan fingerprint density at radius 1 is 0.931 bits per heavy atom. The highest BCUT2D eigenvalue weighted by Gasteiger charge is 2.21. The maximum absolute atomic E-state index is 12.9. The van der Waals surface area contributed by atoms with Crippen molar-refractivity contribution in [2.75, 3.05) is 6.61 Å². The van der Waals surface area contributed by atoms with E-state index in [1.165, 1.54) is 0 Å². The number of H-pyrrole nitrogens is 1. The number of carbonyl (C=O) groups excluding carboxylic acids is 1. The number of carbonyl (C=O) groups is 1. The molecule has 0 amide bonds. The van der Waals surface area contributed by atoms with Crippen LogP contribution in [0.5, 0.6) is 0 Å². The van der Waals surface area contributed by atoms with Gasteiger partial charge in [0.15, 0.2) is 5.78 Å². The molecule has 0 aliphatic heterocycles. The highest BCUT2D eigenvalue weighted by atomic mass is 79.9. The third-order valence-corrected chi connectivity index (χ3v) is 5.62. The van der Waals surface area contributed by atoms with Gasteiger partial charge in [-0.25, -0.2) is 0 Å². The molecular formula is C25H22BrNO2. The van der Waals surface area contributed by atoms with Crippen molar-refractivity contribution < 1.29 is 9.53 Å². The maximum atomic E-state index is 12.9. The van der Waals surface area contributed by atoms with Crippen molar-refractivity contribution in [1.29, 1.82) is 0 Å². The molecule has 0 bridgehead atoms. The Labute approximate surface area is 178 Å². The zero-order valence-electron chi connectivity index (χ0n) is 16.0. The lowest BCUT2D eigenvalue weighted by molar-refractivity contribution is 0.0868. The molecule has 0 aliphatic carbocycles. The molecule has 4 aromatic rings. The molecule has 1 atom stereocenters. The number of ketones is 1. The molecule has 0 fully saturated rings. The number of halogens is 1. The second-order valence-corrected chi connectivity index (χ2v) is 8.04.